The molecule has 2 saturated carbocycles. The lowest BCUT2D eigenvalue weighted by Gasteiger charge is -2.58. The van der Waals surface area contributed by atoms with Crippen LogP contribution < -0.4 is 5.32 Å². The van der Waals surface area contributed by atoms with Gasteiger partial charge < -0.3 is 5.32 Å². The van der Waals surface area contributed by atoms with Crippen molar-refractivity contribution < 1.29 is 4.79 Å². The van der Waals surface area contributed by atoms with E-state index in [4.69, 9.17) is 0 Å². The molecule has 3 nitrogen and oxygen atoms in total. The monoisotopic (exact) mass is 390 g/mol. The second-order valence-corrected chi connectivity index (χ2v) is 10.5. The first-order chi connectivity index (χ1) is 13.9. The summed E-state index contributed by atoms with van der Waals surface area (Å²) >= 11 is 0. The van der Waals surface area contributed by atoms with Crippen LogP contribution in [0.3, 0.4) is 0 Å². The molecular weight excluding hydrogens is 356 g/mol. The average Bonchev–Trinajstić information content (AvgIpc) is 3.06. The third-order valence-electron chi connectivity index (χ3n) is 9.06. The minimum atomic E-state index is 0.112. The van der Waals surface area contributed by atoms with E-state index in [-0.39, 0.29) is 5.91 Å². The summed E-state index contributed by atoms with van der Waals surface area (Å²) < 4.78 is 0. The SMILES string of the molecule is CC(=O)N[C@@H]1CC[C@@]2(C)C(=CC[C@H]3C4CC=C(c5cccnc5)[C@@]4(C)CC[C@@H]32)C1. The molecule has 154 valence electrons. The molecule has 1 heterocycles. The van der Waals surface area contributed by atoms with Crippen molar-refractivity contribution in [2.24, 2.45) is 28.6 Å². The Morgan fingerprint density at radius 3 is 2.69 bits per heavy atom. The number of allylic oxidation sites excluding steroid dienone is 3. The number of hydrogen-bond acceptors (Lipinski definition) is 2. The van der Waals surface area contributed by atoms with Gasteiger partial charge in [0.2, 0.25) is 5.91 Å². The zero-order valence-corrected chi connectivity index (χ0v) is 18.1. The Hall–Kier alpha value is -1.90. The maximum absolute atomic E-state index is 11.5. The van der Waals surface area contributed by atoms with E-state index in [2.05, 4.69) is 54.6 Å². The van der Waals surface area contributed by atoms with Crippen LogP contribution in [0.25, 0.3) is 5.57 Å². The van der Waals surface area contributed by atoms with Crippen molar-refractivity contribution in [1.29, 1.82) is 0 Å². The minimum absolute atomic E-state index is 0.112. The molecule has 29 heavy (non-hydrogen) atoms. The molecular formula is C26H34N2O. The molecule has 0 spiro atoms. The van der Waals surface area contributed by atoms with Crippen LogP contribution >= 0.6 is 0 Å². The van der Waals surface area contributed by atoms with Gasteiger partial charge in [0, 0.05) is 25.4 Å². The predicted molar refractivity (Wildman–Crippen MR) is 117 cm³/mol. The summed E-state index contributed by atoms with van der Waals surface area (Å²) in [5, 5.41) is 3.18. The van der Waals surface area contributed by atoms with Crippen molar-refractivity contribution in [3.05, 3.63) is 47.8 Å². The van der Waals surface area contributed by atoms with Crippen LogP contribution in [0.2, 0.25) is 0 Å². The van der Waals surface area contributed by atoms with Gasteiger partial charge in [0.25, 0.3) is 0 Å². The zero-order chi connectivity index (χ0) is 20.2. The van der Waals surface area contributed by atoms with Crippen LogP contribution in [0.1, 0.15) is 71.3 Å². The van der Waals surface area contributed by atoms with Crippen LogP contribution in [0, 0.1) is 28.6 Å². The molecule has 0 saturated heterocycles. The molecule has 0 bridgehead atoms. The summed E-state index contributed by atoms with van der Waals surface area (Å²) in [5.41, 5.74) is 5.12. The molecule has 2 fully saturated rings. The van der Waals surface area contributed by atoms with Crippen LogP contribution in [-0.2, 0) is 4.79 Å². The number of nitrogens with zero attached hydrogens (tertiary/aromatic N) is 1. The third kappa shape index (κ3) is 2.92. The Morgan fingerprint density at radius 1 is 1.10 bits per heavy atom. The van der Waals surface area contributed by atoms with Gasteiger partial charge >= 0.3 is 0 Å². The van der Waals surface area contributed by atoms with Crippen molar-refractivity contribution in [2.45, 2.75) is 71.8 Å². The van der Waals surface area contributed by atoms with E-state index >= 15 is 0 Å². The van der Waals surface area contributed by atoms with Crippen LogP contribution in [-0.4, -0.2) is 16.9 Å². The fourth-order valence-electron chi connectivity index (χ4n) is 7.61. The van der Waals surface area contributed by atoms with Gasteiger partial charge in [-0.15, -0.1) is 0 Å². The number of fused-ring (bicyclic) bond motifs is 5. The second-order valence-electron chi connectivity index (χ2n) is 10.5. The number of amides is 1. The van der Waals surface area contributed by atoms with Crippen molar-refractivity contribution in [3.63, 3.8) is 0 Å². The molecule has 0 aliphatic heterocycles. The maximum Gasteiger partial charge on any atom is 0.217 e. The highest BCUT2D eigenvalue weighted by Crippen LogP contribution is 2.66. The van der Waals surface area contributed by atoms with E-state index in [0.717, 1.165) is 30.6 Å². The number of carbonyl (C=O) groups is 1. The molecule has 5 rings (SSSR count). The summed E-state index contributed by atoms with van der Waals surface area (Å²) in [6.45, 7) is 6.70. The van der Waals surface area contributed by atoms with Gasteiger partial charge in [0.15, 0.2) is 0 Å². The molecule has 1 unspecified atom stereocenters. The number of nitrogens with one attached hydrogen (secondary N) is 1. The van der Waals surface area contributed by atoms with Crippen molar-refractivity contribution in [2.75, 3.05) is 0 Å². The van der Waals surface area contributed by atoms with Gasteiger partial charge in [-0.25, -0.2) is 0 Å². The molecule has 0 aromatic carbocycles. The van der Waals surface area contributed by atoms with Gasteiger partial charge in [0.05, 0.1) is 0 Å². The lowest BCUT2D eigenvalue weighted by atomic mass is 9.47. The predicted octanol–water partition coefficient (Wildman–Crippen LogP) is 5.54. The summed E-state index contributed by atoms with van der Waals surface area (Å²) in [7, 11) is 0. The molecule has 3 heteroatoms. The Labute approximate surface area is 175 Å². The maximum atomic E-state index is 11.5. The van der Waals surface area contributed by atoms with Crippen molar-refractivity contribution >= 4 is 11.5 Å². The van der Waals surface area contributed by atoms with Gasteiger partial charge in [-0.3, -0.25) is 9.78 Å². The lowest BCUT2D eigenvalue weighted by molar-refractivity contribution is -0.120. The van der Waals surface area contributed by atoms with E-state index in [0.29, 0.717) is 16.9 Å². The summed E-state index contributed by atoms with van der Waals surface area (Å²) in [4.78, 5) is 15.9. The number of hydrogen-bond donors (Lipinski definition) is 1. The molecule has 4 aliphatic carbocycles. The minimum Gasteiger partial charge on any atom is -0.353 e. The third-order valence-corrected chi connectivity index (χ3v) is 9.06. The first-order valence-electron chi connectivity index (χ1n) is 11.5. The number of carbonyl (C=O) groups excluding carboxylic acids is 1. The smallest absolute Gasteiger partial charge is 0.217 e. The van der Waals surface area contributed by atoms with Gasteiger partial charge in [-0.05, 0) is 90.7 Å². The van der Waals surface area contributed by atoms with E-state index in [1.165, 1.54) is 37.7 Å². The van der Waals surface area contributed by atoms with Gasteiger partial charge in [-0.1, -0.05) is 37.6 Å². The Kier molecular flexibility index (Phi) is 4.49. The topological polar surface area (TPSA) is 42.0 Å². The molecule has 4 aliphatic rings. The van der Waals surface area contributed by atoms with E-state index < -0.39 is 0 Å². The summed E-state index contributed by atoms with van der Waals surface area (Å²) in [5.74, 6) is 2.44. The number of rotatable bonds is 2. The quantitative estimate of drug-likeness (QED) is 0.674. The summed E-state index contributed by atoms with van der Waals surface area (Å²) in [6.07, 6.45) is 17.5. The Balaban J connectivity index is 1.41. The highest BCUT2D eigenvalue weighted by molar-refractivity contribution is 5.73. The number of pyridine rings is 1. The van der Waals surface area contributed by atoms with E-state index in [1.54, 1.807) is 18.1 Å². The van der Waals surface area contributed by atoms with Gasteiger partial charge in [0.1, 0.15) is 0 Å². The van der Waals surface area contributed by atoms with Crippen LogP contribution in [0.5, 0.6) is 0 Å². The fraction of sp³-hybridized carbons (Fsp3) is 0.615. The average molecular weight is 391 g/mol. The number of aromatic nitrogens is 1. The van der Waals surface area contributed by atoms with Crippen molar-refractivity contribution in [1.82, 2.24) is 10.3 Å². The molecule has 0 radical (unpaired) electrons. The lowest BCUT2D eigenvalue weighted by Crippen LogP contribution is -2.51. The molecule has 6 atom stereocenters. The largest absolute Gasteiger partial charge is 0.353 e. The Bertz CT molecular complexity index is 872. The molecule has 1 amide bonds. The first kappa shape index (κ1) is 19.1. The zero-order valence-electron chi connectivity index (χ0n) is 18.1. The van der Waals surface area contributed by atoms with E-state index in [1.807, 2.05) is 6.20 Å². The van der Waals surface area contributed by atoms with Crippen LogP contribution in [0.15, 0.2) is 42.3 Å². The Morgan fingerprint density at radius 2 is 1.93 bits per heavy atom. The first-order valence-corrected chi connectivity index (χ1v) is 11.5. The van der Waals surface area contributed by atoms with Gasteiger partial charge in [-0.2, -0.15) is 0 Å². The highest BCUT2D eigenvalue weighted by atomic mass is 16.1. The molecule has 1 aromatic heterocycles. The normalized spacial score (nSPS) is 40.8. The highest BCUT2D eigenvalue weighted by Gasteiger charge is 2.56. The van der Waals surface area contributed by atoms with E-state index in [9.17, 15) is 4.79 Å². The summed E-state index contributed by atoms with van der Waals surface area (Å²) in [6, 6.07) is 4.65. The fourth-order valence-corrected chi connectivity index (χ4v) is 7.61. The molecule has 1 N–H and O–H groups in total. The standard InChI is InChI=1S/C26H34N2O/c1-17(29)28-20-10-12-25(2)19(15-20)6-7-21-23-9-8-22(18-5-4-14-27-16-18)26(23,3)13-11-24(21)25/h4-6,8,14,16,20-21,23-24H,7,9-13,15H2,1-3H3,(H,28,29)/t20-,21+,23?,24+,25+,26-/m1/s1. The van der Waals surface area contributed by atoms with Crippen molar-refractivity contribution in [3.8, 4) is 0 Å². The second kappa shape index (κ2) is 6.82. The van der Waals surface area contributed by atoms with Crippen LogP contribution in [0.4, 0.5) is 0 Å². The molecule has 1 aromatic rings.